The molecular weight excluding hydrogens is 471 g/mol. The molecule has 1 aromatic heterocycles. The topological polar surface area (TPSA) is 86.9 Å². The van der Waals surface area contributed by atoms with Crippen molar-refractivity contribution in [1.29, 1.82) is 0 Å². The predicted octanol–water partition coefficient (Wildman–Crippen LogP) is 2.68. The van der Waals surface area contributed by atoms with Crippen molar-refractivity contribution in [2.75, 3.05) is 26.7 Å². The summed E-state index contributed by atoms with van der Waals surface area (Å²) in [6.07, 6.45) is 4.01. The van der Waals surface area contributed by atoms with Gasteiger partial charge in [-0.25, -0.2) is 0 Å². The quantitative estimate of drug-likeness (QED) is 0.193. The smallest absolute Gasteiger partial charge is 0.261 e. The number of furan rings is 1. The minimum Gasteiger partial charge on any atom is -0.469 e. The highest BCUT2D eigenvalue weighted by Gasteiger charge is 2.34. The Kier molecular flexibility index (Phi) is 8.49. The molecule has 1 aliphatic rings. The number of amides is 2. The van der Waals surface area contributed by atoms with E-state index in [0.717, 1.165) is 37.5 Å². The molecule has 150 valence electrons. The zero-order valence-electron chi connectivity index (χ0n) is 15.8. The van der Waals surface area contributed by atoms with Gasteiger partial charge in [-0.05, 0) is 37.1 Å². The molecular formula is C20H25IN4O3. The second kappa shape index (κ2) is 10.8. The fraction of sp³-hybridized carbons (Fsp3) is 0.350. The van der Waals surface area contributed by atoms with Gasteiger partial charge in [0, 0.05) is 33.1 Å². The Bertz CT molecular complexity index is 786. The molecule has 3 rings (SSSR count). The summed E-state index contributed by atoms with van der Waals surface area (Å²) >= 11 is 0. The van der Waals surface area contributed by atoms with Gasteiger partial charge in [0.1, 0.15) is 5.76 Å². The number of unbranched alkanes of at least 4 members (excludes halogenated alkanes) is 1. The van der Waals surface area contributed by atoms with Gasteiger partial charge in [-0.3, -0.25) is 19.5 Å². The number of guanidine groups is 1. The highest BCUT2D eigenvalue weighted by molar-refractivity contribution is 14.0. The first-order chi connectivity index (χ1) is 13.2. The lowest BCUT2D eigenvalue weighted by atomic mass is 10.1. The Labute approximate surface area is 181 Å². The summed E-state index contributed by atoms with van der Waals surface area (Å²) in [6, 6.07) is 10.8. The summed E-state index contributed by atoms with van der Waals surface area (Å²) in [6.45, 7) is 1.87. The van der Waals surface area contributed by atoms with E-state index in [1.165, 1.54) is 4.90 Å². The SMILES string of the molecule is CN=C(NCCCCN1C(=O)c2ccccc2C1=O)NCCc1ccco1.I. The molecule has 8 heteroatoms. The summed E-state index contributed by atoms with van der Waals surface area (Å²) in [5.74, 6) is 1.26. The van der Waals surface area contributed by atoms with Crippen molar-refractivity contribution in [3.63, 3.8) is 0 Å². The van der Waals surface area contributed by atoms with Gasteiger partial charge >= 0.3 is 0 Å². The van der Waals surface area contributed by atoms with Crippen molar-refractivity contribution in [2.45, 2.75) is 19.3 Å². The lowest BCUT2D eigenvalue weighted by molar-refractivity contribution is 0.0652. The lowest BCUT2D eigenvalue weighted by Crippen LogP contribution is -2.39. The van der Waals surface area contributed by atoms with Gasteiger partial charge in [0.2, 0.25) is 0 Å². The number of carbonyl (C=O) groups is 2. The van der Waals surface area contributed by atoms with E-state index in [-0.39, 0.29) is 35.8 Å². The number of nitrogens with one attached hydrogen (secondary N) is 2. The molecule has 2 amide bonds. The fourth-order valence-corrected chi connectivity index (χ4v) is 3.02. The number of benzene rings is 1. The number of hydrogen-bond donors (Lipinski definition) is 2. The standard InChI is InChI=1S/C20H24N4O3.HI/c1-21-20(23-12-10-15-7-6-14-27-15)22-11-4-5-13-24-18(25)16-8-2-3-9-17(16)19(24)26;/h2-3,6-9,14H,4-5,10-13H2,1H3,(H2,21,22,23);1H. The van der Waals surface area contributed by atoms with E-state index in [1.54, 1.807) is 37.6 Å². The average Bonchev–Trinajstić information content (AvgIpc) is 3.29. The Hall–Kier alpha value is -2.36. The van der Waals surface area contributed by atoms with Gasteiger partial charge in [-0.15, -0.1) is 24.0 Å². The number of carbonyl (C=O) groups excluding carboxylic acids is 2. The molecule has 0 aliphatic carbocycles. The van der Waals surface area contributed by atoms with E-state index in [0.29, 0.717) is 24.2 Å². The van der Waals surface area contributed by atoms with Crippen molar-refractivity contribution in [3.05, 3.63) is 59.5 Å². The van der Waals surface area contributed by atoms with E-state index in [4.69, 9.17) is 4.42 Å². The zero-order chi connectivity index (χ0) is 19.1. The zero-order valence-corrected chi connectivity index (χ0v) is 18.1. The first-order valence-electron chi connectivity index (χ1n) is 9.13. The summed E-state index contributed by atoms with van der Waals surface area (Å²) < 4.78 is 5.29. The summed E-state index contributed by atoms with van der Waals surface area (Å²) in [4.78, 5) is 30.1. The summed E-state index contributed by atoms with van der Waals surface area (Å²) in [5.41, 5.74) is 1.00. The van der Waals surface area contributed by atoms with Crippen molar-refractivity contribution in [3.8, 4) is 0 Å². The Morgan fingerprint density at radius 1 is 1.00 bits per heavy atom. The third-order valence-electron chi connectivity index (χ3n) is 4.45. The summed E-state index contributed by atoms with van der Waals surface area (Å²) in [5, 5.41) is 6.46. The molecule has 0 radical (unpaired) electrons. The third kappa shape index (κ3) is 5.34. The van der Waals surface area contributed by atoms with Crippen LogP contribution in [-0.4, -0.2) is 49.4 Å². The van der Waals surface area contributed by atoms with Crippen LogP contribution >= 0.6 is 24.0 Å². The first kappa shape index (κ1) is 21.9. The molecule has 0 atom stereocenters. The van der Waals surface area contributed by atoms with Gasteiger partial charge in [0.25, 0.3) is 11.8 Å². The van der Waals surface area contributed by atoms with E-state index < -0.39 is 0 Å². The summed E-state index contributed by atoms with van der Waals surface area (Å²) in [7, 11) is 1.72. The molecule has 0 saturated carbocycles. The van der Waals surface area contributed by atoms with Crippen LogP contribution < -0.4 is 10.6 Å². The number of nitrogens with zero attached hydrogens (tertiary/aromatic N) is 2. The molecule has 0 spiro atoms. The van der Waals surface area contributed by atoms with Crippen LogP contribution in [0.3, 0.4) is 0 Å². The second-order valence-corrected chi connectivity index (χ2v) is 6.27. The van der Waals surface area contributed by atoms with Crippen LogP contribution in [0.2, 0.25) is 0 Å². The molecule has 2 N–H and O–H groups in total. The van der Waals surface area contributed by atoms with Crippen LogP contribution in [0.15, 0.2) is 52.1 Å². The minimum absolute atomic E-state index is 0. The number of halogens is 1. The Morgan fingerprint density at radius 3 is 2.29 bits per heavy atom. The average molecular weight is 496 g/mol. The molecule has 28 heavy (non-hydrogen) atoms. The normalized spacial score (nSPS) is 13.3. The van der Waals surface area contributed by atoms with Crippen molar-refractivity contribution in [1.82, 2.24) is 15.5 Å². The molecule has 7 nitrogen and oxygen atoms in total. The second-order valence-electron chi connectivity index (χ2n) is 6.27. The number of hydrogen-bond acceptors (Lipinski definition) is 4. The van der Waals surface area contributed by atoms with Crippen molar-refractivity contribution in [2.24, 2.45) is 4.99 Å². The maximum absolute atomic E-state index is 12.3. The van der Waals surface area contributed by atoms with Crippen molar-refractivity contribution < 1.29 is 14.0 Å². The molecule has 1 aromatic carbocycles. The molecule has 0 bridgehead atoms. The van der Waals surface area contributed by atoms with Gasteiger partial charge in [-0.1, -0.05) is 12.1 Å². The molecule has 0 unspecified atom stereocenters. The van der Waals surface area contributed by atoms with E-state index in [1.807, 2.05) is 12.1 Å². The van der Waals surface area contributed by atoms with Gasteiger partial charge in [0.05, 0.1) is 17.4 Å². The van der Waals surface area contributed by atoms with Gasteiger partial charge in [-0.2, -0.15) is 0 Å². The van der Waals surface area contributed by atoms with E-state index >= 15 is 0 Å². The number of aliphatic imine (C=N–C) groups is 1. The van der Waals surface area contributed by atoms with Crippen LogP contribution in [-0.2, 0) is 6.42 Å². The molecule has 0 saturated heterocycles. The van der Waals surface area contributed by atoms with E-state index in [2.05, 4.69) is 15.6 Å². The number of fused-ring (bicyclic) bond motifs is 1. The van der Waals surface area contributed by atoms with Crippen LogP contribution in [0.25, 0.3) is 0 Å². The Morgan fingerprint density at radius 2 is 1.68 bits per heavy atom. The molecule has 0 fully saturated rings. The Balaban J connectivity index is 0.00000280. The highest BCUT2D eigenvalue weighted by Crippen LogP contribution is 2.22. The lowest BCUT2D eigenvalue weighted by Gasteiger charge is -2.14. The molecule has 2 aromatic rings. The first-order valence-corrected chi connectivity index (χ1v) is 9.13. The predicted molar refractivity (Wildman–Crippen MR) is 118 cm³/mol. The highest BCUT2D eigenvalue weighted by atomic mass is 127. The minimum atomic E-state index is -0.195. The monoisotopic (exact) mass is 496 g/mol. The van der Waals surface area contributed by atoms with E-state index in [9.17, 15) is 9.59 Å². The third-order valence-corrected chi connectivity index (χ3v) is 4.45. The number of rotatable bonds is 8. The molecule has 2 heterocycles. The van der Waals surface area contributed by atoms with Crippen molar-refractivity contribution >= 4 is 41.8 Å². The fourth-order valence-electron chi connectivity index (χ4n) is 3.02. The van der Waals surface area contributed by atoms with Crippen LogP contribution in [0.5, 0.6) is 0 Å². The van der Waals surface area contributed by atoms with Crippen LogP contribution in [0, 0.1) is 0 Å². The maximum atomic E-state index is 12.3. The largest absolute Gasteiger partial charge is 0.469 e. The number of imide groups is 1. The molecule has 1 aliphatic heterocycles. The van der Waals surface area contributed by atoms with Gasteiger partial charge < -0.3 is 15.1 Å². The van der Waals surface area contributed by atoms with Gasteiger partial charge in [0.15, 0.2) is 5.96 Å². The maximum Gasteiger partial charge on any atom is 0.261 e. The van der Waals surface area contributed by atoms with Crippen LogP contribution in [0.4, 0.5) is 0 Å². The van der Waals surface area contributed by atoms with Crippen LogP contribution in [0.1, 0.15) is 39.3 Å².